The predicted octanol–water partition coefficient (Wildman–Crippen LogP) is 2.05. The lowest BCUT2D eigenvalue weighted by Gasteiger charge is -2.00. The third-order valence-electron chi connectivity index (χ3n) is 3.69. The molecule has 0 atom stereocenters. The van der Waals surface area contributed by atoms with Gasteiger partial charge < -0.3 is 9.73 Å². The van der Waals surface area contributed by atoms with Crippen LogP contribution in [0.3, 0.4) is 0 Å². The molecule has 3 aromatic heterocycles. The summed E-state index contributed by atoms with van der Waals surface area (Å²) in [6.45, 7) is 7.37. The van der Waals surface area contributed by atoms with Crippen LogP contribution in [0.15, 0.2) is 22.9 Å². The summed E-state index contributed by atoms with van der Waals surface area (Å²) >= 11 is 0. The summed E-state index contributed by atoms with van der Waals surface area (Å²) < 4.78 is 9.23. The second-order valence-corrected chi connectivity index (χ2v) is 5.62. The highest BCUT2D eigenvalue weighted by Crippen LogP contribution is 2.19. The Bertz CT molecular complexity index is 862. The highest BCUT2D eigenvalue weighted by molar-refractivity contribution is 5.90. The quantitative estimate of drug-likeness (QED) is 0.704. The number of aryl methyl sites for hydroxylation is 4. The Morgan fingerprint density at radius 2 is 2.12 bits per heavy atom. The minimum absolute atomic E-state index is 0.121. The molecule has 25 heavy (non-hydrogen) atoms. The largest absolute Gasteiger partial charge is 0.419 e. The van der Waals surface area contributed by atoms with Crippen LogP contribution in [-0.2, 0) is 24.3 Å². The molecule has 0 fully saturated rings. The number of anilines is 1. The van der Waals surface area contributed by atoms with Crippen LogP contribution < -0.4 is 5.32 Å². The number of carbonyl (C=O) groups is 1. The maximum absolute atomic E-state index is 12.0. The van der Waals surface area contributed by atoms with E-state index in [1.165, 1.54) is 0 Å². The van der Waals surface area contributed by atoms with E-state index < -0.39 is 0 Å². The third-order valence-corrected chi connectivity index (χ3v) is 3.69. The number of aromatic nitrogens is 6. The fourth-order valence-corrected chi connectivity index (χ4v) is 2.46. The molecule has 9 nitrogen and oxygen atoms in total. The van der Waals surface area contributed by atoms with Gasteiger partial charge in [-0.2, -0.15) is 10.2 Å². The van der Waals surface area contributed by atoms with Gasteiger partial charge in [0.25, 0.3) is 5.89 Å². The molecule has 0 saturated heterocycles. The van der Waals surface area contributed by atoms with Gasteiger partial charge in [-0.3, -0.25) is 14.2 Å². The van der Waals surface area contributed by atoms with Crippen molar-refractivity contribution in [1.29, 1.82) is 0 Å². The van der Waals surface area contributed by atoms with E-state index in [2.05, 4.69) is 25.7 Å². The van der Waals surface area contributed by atoms with Crippen molar-refractivity contribution in [3.8, 4) is 11.6 Å². The molecule has 0 aliphatic carbocycles. The summed E-state index contributed by atoms with van der Waals surface area (Å²) in [5, 5.41) is 19.4. The zero-order valence-corrected chi connectivity index (χ0v) is 14.6. The molecular weight excluding hydrogens is 322 g/mol. The highest BCUT2D eigenvalue weighted by atomic mass is 16.4. The maximum atomic E-state index is 12.0. The first kappa shape index (κ1) is 16.9. The predicted molar refractivity (Wildman–Crippen MR) is 90.8 cm³/mol. The number of amides is 1. The molecule has 0 aromatic carbocycles. The van der Waals surface area contributed by atoms with Crippen molar-refractivity contribution in [3.05, 3.63) is 30.0 Å². The maximum Gasteiger partial charge on any atom is 0.265 e. The van der Waals surface area contributed by atoms with Crippen LogP contribution in [-0.4, -0.2) is 35.7 Å². The van der Waals surface area contributed by atoms with E-state index in [4.69, 9.17) is 4.42 Å². The zero-order chi connectivity index (χ0) is 17.8. The Morgan fingerprint density at radius 1 is 1.28 bits per heavy atom. The minimum atomic E-state index is -0.121. The molecule has 1 N–H and O–H groups in total. The normalized spacial score (nSPS) is 11.0. The Balaban J connectivity index is 1.58. The lowest BCUT2D eigenvalue weighted by atomic mass is 10.3. The smallest absolute Gasteiger partial charge is 0.265 e. The molecule has 1 amide bonds. The molecule has 3 heterocycles. The lowest BCUT2D eigenvalue weighted by molar-refractivity contribution is -0.116. The van der Waals surface area contributed by atoms with E-state index in [1.54, 1.807) is 17.1 Å². The third kappa shape index (κ3) is 3.93. The summed E-state index contributed by atoms with van der Waals surface area (Å²) in [6, 6.07) is 1.90. The number of nitrogens with one attached hydrogen (secondary N) is 1. The molecule has 3 aromatic rings. The number of hydrogen-bond donors (Lipinski definition) is 1. The van der Waals surface area contributed by atoms with Crippen molar-refractivity contribution < 1.29 is 9.21 Å². The average Bonchev–Trinajstić information content (AvgIpc) is 3.31. The first-order valence-electron chi connectivity index (χ1n) is 8.28. The fraction of sp³-hybridized carbons (Fsp3) is 0.438. The van der Waals surface area contributed by atoms with E-state index in [1.807, 2.05) is 31.5 Å². The van der Waals surface area contributed by atoms with Crippen LogP contribution in [0.1, 0.15) is 31.9 Å². The minimum Gasteiger partial charge on any atom is -0.419 e. The Kier molecular flexibility index (Phi) is 4.92. The van der Waals surface area contributed by atoms with Gasteiger partial charge in [-0.25, -0.2) is 0 Å². The molecule has 3 rings (SSSR count). The average molecular weight is 343 g/mol. The van der Waals surface area contributed by atoms with Crippen molar-refractivity contribution >= 4 is 11.6 Å². The SMILES string of the molecule is CCn1cc(NC(=O)CCc2nnc(-c3cc(C)nn3CC)o2)cn1. The summed E-state index contributed by atoms with van der Waals surface area (Å²) in [5.74, 6) is 0.725. The van der Waals surface area contributed by atoms with Gasteiger partial charge >= 0.3 is 0 Å². The van der Waals surface area contributed by atoms with Crippen molar-refractivity contribution in [2.24, 2.45) is 0 Å². The first-order chi connectivity index (χ1) is 12.1. The van der Waals surface area contributed by atoms with Gasteiger partial charge in [0, 0.05) is 32.1 Å². The van der Waals surface area contributed by atoms with Crippen LogP contribution in [0, 0.1) is 6.92 Å². The van der Waals surface area contributed by atoms with Crippen molar-refractivity contribution in [2.75, 3.05) is 5.32 Å². The number of hydrogen-bond acceptors (Lipinski definition) is 6. The molecule has 0 unspecified atom stereocenters. The van der Waals surface area contributed by atoms with E-state index >= 15 is 0 Å². The van der Waals surface area contributed by atoms with Gasteiger partial charge in [0.15, 0.2) is 0 Å². The topological polar surface area (TPSA) is 104 Å². The molecular formula is C16H21N7O2. The molecule has 132 valence electrons. The second-order valence-electron chi connectivity index (χ2n) is 5.62. The van der Waals surface area contributed by atoms with Crippen molar-refractivity contribution in [3.63, 3.8) is 0 Å². The second kappa shape index (κ2) is 7.29. The van der Waals surface area contributed by atoms with Crippen molar-refractivity contribution in [1.82, 2.24) is 29.8 Å². The van der Waals surface area contributed by atoms with Gasteiger partial charge in [-0.05, 0) is 26.8 Å². The zero-order valence-electron chi connectivity index (χ0n) is 14.6. The highest BCUT2D eigenvalue weighted by Gasteiger charge is 2.15. The molecule has 0 spiro atoms. The van der Waals surface area contributed by atoms with Crippen LogP contribution in [0.5, 0.6) is 0 Å². The molecule has 0 aliphatic heterocycles. The summed E-state index contributed by atoms with van der Waals surface area (Å²) in [7, 11) is 0. The van der Waals surface area contributed by atoms with Gasteiger partial charge in [0.05, 0.1) is 17.6 Å². The Morgan fingerprint density at radius 3 is 2.84 bits per heavy atom. The van der Waals surface area contributed by atoms with E-state index in [0.29, 0.717) is 30.4 Å². The molecule has 0 aliphatic rings. The van der Waals surface area contributed by atoms with E-state index in [0.717, 1.165) is 17.9 Å². The first-order valence-corrected chi connectivity index (χ1v) is 8.28. The molecule has 0 bridgehead atoms. The van der Waals surface area contributed by atoms with E-state index in [9.17, 15) is 4.79 Å². The number of rotatable bonds is 7. The molecule has 9 heteroatoms. The van der Waals surface area contributed by atoms with Crippen LogP contribution in [0.2, 0.25) is 0 Å². The monoisotopic (exact) mass is 343 g/mol. The summed E-state index contributed by atoms with van der Waals surface area (Å²) in [6.07, 6.45) is 4.04. The Labute approximate surface area is 145 Å². The Hall–Kier alpha value is -2.97. The number of carbonyl (C=O) groups excluding carboxylic acids is 1. The van der Waals surface area contributed by atoms with Gasteiger partial charge in [0.2, 0.25) is 11.8 Å². The summed E-state index contributed by atoms with van der Waals surface area (Å²) in [5.41, 5.74) is 2.36. The van der Waals surface area contributed by atoms with Crippen LogP contribution in [0.4, 0.5) is 5.69 Å². The van der Waals surface area contributed by atoms with E-state index in [-0.39, 0.29) is 12.3 Å². The van der Waals surface area contributed by atoms with Crippen molar-refractivity contribution in [2.45, 2.75) is 46.7 Å². The number of nitrogens with zero attached hydrogens (tertiary/aromatic N) is 6. The van der Waals surface area contributed by atoms with Crippen LogP contribution in [0.25, 0.3) is 11.6 Å². The molecule has 0 saturated carbocycles. The van der Waals surface area contributed by atoms with Crippen LogP contribution >= 0.6 is 0 Å². The fourth-order valence-electron chi connectivity index (χ4n) is 2.46. The summed E-state index contributed by atoms with van der Waals surface area (Å²) in [4.78, 5) is 12.0. The van der Waals surface area contributed by atoms with Gasteiger partial charge in [0.1, 0.15) is 5.69 Å². The standard InChI is InChI=1S/C16H21N7O2/c1-4-22-10-12(9-17-22)18-14(24)6-7-15-19-20-16(25-15)13-8-11(3)21-23(13)5-2/h8-10H,4-7H2,1-3H3,(H,18,24). The molecule has 0 radical (unpaired) electrons. The lowest BCUT2D eigenvalue weighted by Crippen LogP contribution is -2.12. The van der Waals surface area contributed by atoms with Gasteiger partial charge in [-0.15, -0.1) is 10.2 Å². The van der Waals surface area contributed by atoms with Gasteiger partial charge in [-0.1, -0.05) is 0 Å².